The van der Waals surface area contributed by atoms with E-state index in [0.717, 1.165) is 48.7 Å². The fourth-order valence-electron chi connectivity index (χ4n) is 5.11. The van der Waals surface area contributed by atoms with Gasteiger partial charge >= 0.3 is 5.97 Å². The number of pyridine rings is 1. The first kappa shape index (κ1) is 24.7. The number of carbonyl (C=O) groups is 1. The normalized spacial score (nSPS) is 19.5. The lowest BCUT2D eigenvalue weighted by atomic mass is 9.97. The molecular weight excluding hydrogens is 440 g/mol. The zero-order valence-corrected chi connectivity index (χ0v) is 21.0. The van der Waals surface area contributed by atoms with Gasteiger partial charge in [-0.05, 0) is 55.4 Å². The van der Waals surface area contributed by atoms with Crippen molar-refractivity contribution in [2.24, 2.45) is 17.8 Å². The highest BCUT2D eigenvalue weighted by Gasteiger charge is 2.41. The molecule has 1 aromatic heterocycles. The van der Waals surface area contributed by atoms with Gasteiger partial charge in [0.25, 0.3) is 0 Å². The summed E-state index contributed by atoms with van der Waals surface area (Å²) in [6.07, 6.45) is 0. The molecule has 2 fully saturated rings. The second kappa shape index (κ2) is 10.4. The van der Waals surface area contributed by atoms with Crippen molar-refractivity contribution in [1.82, 2.24) is 9.88 Å². The fourth-order valence-corrected chi connectivity index (χ4v) is 5.11. The number of fused-ring (bicyclic) bond motifs is 1. The summed E-state index contributed by atoms with van der Waals surface area (Å²) < 4.78 is 5.29. The Morgan fingerprint density at radius 1 is 1.26 bits per heavy atom. The van der Waals surface area contributed by atoms with Crippen molar-refractivity contribution in [3.63, 3.8) is 0 Å². The van der Waals surface area contributed by atoms with E-state index in [1.165, 1.54) is 0 Å². The van der Waals surface area contributed by atoms with Crippen molar-refractivity contribution >= 4 is 28.9 Å². The predicted octanol–water partition coefficient (Wildman–Crippen LogP) is 4.23. The number of esters is 1. The van der Waals surface area contributed by atoms with Crippen LogP contribution in [0.1, 0.15) is 42.4 Å². The quantitative estimate of drug-likeness (QED) is 0.335. The van der Waals surface area contributed by atoms with Gasteiger partial charge in [-0.2, -0.15) is 5.26 Å². The number of nitrogens with zero attached hydrogens (tertiary/aromatic N) is 4. The molecule has 0 amide bonds. The van der Waals surface area contributed by atoms with E-state index in [0.29, 0.717) is 29.9 Å². The average Bonchev–Trinajstić information content (AvgIpc) is 3.37. The largest absolute Gasteiger partial charge is 0.461 e. The molecule has 0 radical (unpaired) electrons. The van der Waals surface area contributed by atoms with E-state index in [1.807, 2.05) is 45.0 Å². The molecule has 35 heavy (non-hydrogen) atoms. The summed E-state index contributed by atoms with van der Waals surface area (Å²) >= 11 is 0. The number of carbonyl (C=O) groups excluding carboxylic acids is 1. The van der Waals surface area contributed by atoms with Gasteiger partial charge in [0.05, 0.1) is 30.5 Å². The highest BCUT2D eigenvalue weighted by atomic mass is 16.5. The van der Waals surface area contributed by atoms with Crippen LogP contribution in [0.3, 0.4) is 0 Å². The maximum atomic E-state index is 12.8. The van der Waals surface area contributed by atoms with Crippen LogP contribution in [0.15, 0.2) is 30.3 Å². The number of nitrogens with one attached hydrogen (secondary N) is 2. The number of ether oxygens (including phenoxy) is 1. The zero-order chi connectivity index (χ0) is 25.1. The molecule has 2 atom stereocenters. The molecule has 8 heteroatoms. The van der Waals surface area contributed by atoms with Crippen LogP contribution in [0.4, 0.5) is 17.2 Å². The Hall–Kier alpha value is -3.44. The summed E-state index contributed by atoms with van der Waals surface area (Å²) in [4.78, 5) is 21.9. The van der Waals surface area contributed by atoms with Crippen LogP contribution >= 0.6 is 0 Å². The van der Waals surface area contributed by atoms with Gasteiger partial charge in [0.15, 0.2) is 5.69 Å². The van der Waals surface area contributed by atoms with E-state index in [1.54, 1.807) is 13.0 Å². The molecule has 8 nitrogen and oxygen atoms in total. The Balaban J connectivity index is 1.77. The van der Waals surface area contributed by atoms with Gasteiger partial charge in [-0.25, -0.2) is 9.78 Å². The van der Waals surface area contributed by atoms with Crippen LogP contribution in [0, 0.1) is 41.4 Å². The van der Waals surface area contributed by atoms with Gasteiger partial charge in [-0.15, -0.1) is 0 Å². The molecule has 4 rings (SSSR count). The Morgan fingerprint density at radius 2 is 1.97 bits per heavy atom. The van der Waals surface area contributed by atoms with E-state index in [9.17, 15) is 4.79 Å². The van der Waals surface area contributed by atoms with Gasteiger partial charge in [0, 0.05) is 37.6 Å². The minimum absolute atomic E-state index is 0.0183. The fraction of sp³-hybridized carbons (Fsp3) is 0.481. The van der Waals surface area contributed by atoms with Crippen LogP contribution in [-0.4, -0.2) is 60.9 Å². The first-order valence-corrected chi connectivity index (χ1v) is 12.3. The van der Waals surface area contributed by atoms with Crippen LogP contribution in [-0.2, 0) is 4.74 Å². The lowest BCUT2D eigenvalue weighted by Crippen LogP contribution is -2.31. The van der Waals surface area contributed by atoms with Crippen molar-refractivity contribution in [3.05, 3.63) is 47.2 Å². The molecule has 0 spiro atoms. The summed E-state index contributed by atoms with van der Waals surface area (Å²) in [6.45, 7) is 12.0. The summed E-state index contributed by atoms with van der Waals surface area (Å²) in [5.74, 6) is 0.921. The monoisotopic (exact) mass is 474 g/mol. The molecule has 0 aliphatic carbocycles. The summed E-state index contributed by atoms with van der Waals surface area (Å²) in [6, 6.07) is 12.0. The van der Waals surface area contributed by atoms with E-state index < -0.39 is 5.97 Å². The molecule has 0 bridgehead atoms. The second-order valence-electron chi connectivity index (χ2n) is 9.81. The summed E-state index contributed by atoms with van der Waals surface area (Å²) in [5, 5.41) is 21.5. The van der Waals surface area contributed by atoms with Gasteiger partial charge < -0.3 is 20.4 Å². The highest BCUT2D eigenvalue weighted by Crippen LogP contribution is 2.38. The van der Waals surface area contributed by atoms with Crippen molar-refractivity contribution in [2.75, 3.05) is 49.5 Å². The van der Waals surface area contributed by atoms with E-state index in [2.05, 4.69) is 26.2 Å². The summed E-state index contributed by atoms with van der Waals surface area (Å²) in [7, 11) is 0. The molecule has 0 saturated carbocycles. The van der Waals surface area contributed by atoms with Crippen molar-refractivity contribution in [2.45, 2.75) is 27.7 Å². The number of hydrogen-bond donors (Lipinski definition) is 2. The van der Waals surface area contributed by atoms with Crippen LogP contribution in [0.25, 0.3) is 0 Å². The molecule has 184 valence electrons. The van der Waals surface area contributed by atoms with Crippen LogP contribution < -0.4 is 10.2 Å². The molecule has 2 aliphatic rings. The third-order valence-corrected chi connectivity index (χ3v) is 6.81. The lowest BCUT2D eigenvalue weighted by Gasteiger charge is -2.27. The first-order chi connectivity index (χ1) is 16.8. The van der Waals surface area contributed by atoms with E-state index in [4.69, 9.17) is 15.4 Å². The van der Waals surface area contributed by atoms with Gasteiger partial charge in [-0.1, -0.05) is 26.0 Å². The molecule has 2 saturated heterocycles. The number of hydrogen-bond acceptors (Lipinski definition) is 8. The molecule has 2 aromatic rings. The standard InChI is InChI=1S/C27H34N6O2/c1-5-35-27(34)22-12-23(33-15-19-13-32(10-9-28)14-20(19)16-33)24(25(29)17(2)3)26(31-22)30-21-8-6-7-18(4)11-21/h6-8,11-12,17,19-20,29H,5,10,13-16H2,1-4H3,(H,30,31). The molecule has 2 unspecified atom stereocenters. The van der Waals surface area contributed by atoms with Crippen LogP contribution in [0.5, 0.6) is 0 Å². The number of nitriles is 1. The van der Waals surface area contributed by atoms with Gasteiger partial charge in [0.1, 0.15) is 5.82 Å². The third kappa shape index (κ3) is 5.30. The lowest BCUT2D eigenvalue weighted by molar-refractivity contribution is 0.0519. The number of aromatic nitrogens is 1. The Morgan fingerprint density at radius 3 is 2.57 bits per heavy atom. The maximum absolute atomic E-state index is 12.8. The Kier molecular flexibility index (Phi) is 7.37. The maximum Gasteiger partial charge on any atom is 0.357 e. The van der Waals surface area contributed by atoms with E-state index in [-0.39, 0.29) is 18.2 Å². The minimum atomic E-state index is -0.469. The number of benzene rings is 1. The van der Waals surface area contributed by atoms with Crippen LogP contribution in [0.2, 0.25) is 0 Å². The van der Waals surface area contributed by atoms with Gasteiger partial charge in [-0.3, -0.25) is 4.90 Å². The minimum Gasteiger partial charge on any atom is -0.461 e. The number of likely N-dealkylation sites (tertiary alicyclic amines) is 1. The van der Waals surface area contributed by atoms with E-state index >= 15 is 0 Å². The smallest absolute Gasteiger partial charge is 0.357 e. The highest BCUT2D eigenvalue weighted by molar-refractivity contribution is 6.09. The molecule has 3 heterocycles. The summed E-state index contributed by atoms with van der Waals surface area (Å²) in [5.41, 5.74) is 4.24. The number of rotatable bonds is 8. The topological polar surface area (TPSA) is 105 Å². The second-order valence-corrected chi connectivity index (χ2v) is 9.81. The van der Waals surface area contributed by atoms with Crippen molar-refractivity contribution in [1.29, 1.82) is 10.7 Å². The Bertz CT molecular complexity index is 1140. The average molecular weight is 475 g/mol. The first-order valence-electron chi connectivity index (χ1n) is 12.3. The molecular formula is C27H34N6O2. The zero-order valence-electron chi connectivity index (χ0n) is 21.0. The molecule has 1 aromatic carbocycles. The van der Waals surface area contributed by atoms with Crippen molar-refractivity contribution < 1.29 is 9.53 Å². The Labute approximate surface area is 207 Å². The predicted molar refractivity (Wildman–Crippen MR) is 138 cm³/mol. The SMILES string of the molecule is CCOC(=O)c1cc(N2CC3CN(CC#N)CC3C2)c(C(=N)C(C)C)c(Nc2cccc(C)c2)n1. The number of anilines is 3. The van der Waals surface area contributed by atoms with Crippen molar-refractivity contribution in [3.8, 4) is 6.07 Å². The third-order valence-electron chi connectivity index (χ3n) is 6.81. The molecule has 2 aliphatic heterocycles. The number of aryl methyl sites for hydroxylation is 1. The van der Waals surface area contributed by atoms with Gasteiger partial charge in [0.2, 0.25) is 0 Å². The molecule has 2 N–H and O–H groups in total.